The van der Waals surface area contributed by atoms with Crippen LogP contribution in [0.2, 0.25) is 0 Å². The number of hydrogen-bond acceptors (Lipinski definition) is 2. The number of nitrogens with one attached hydrogen (secondary N) is 1. The normalized spacial score (nSPS) is 15.9. The SMILES string of the molecule is CNCc1ccn2c(C3CC3)nc(C)c2c1. The lowest BCUT2D eigenvalue weighted by Gasteiger charge is -2.03. The van der Waals surface area contributed by atoms with Crippen molar-refractivity contribution in [2.24, 2.45) is 0 Å². The molecule has 1 saturated carbocycles. The summed E-state index contributed by atoms with van der Waals surface area (Å²) in [4.78, 5) is 4.70. The molecule has 0 radical (unpaired) electrons. The molecule has 0 spiro atoms. The van der Waals surface area contributed by atoms with E-state index in [4.69, 9.17) is 4.98 Å². The number of hydrogen-bond donors (Lipinski definition) is 1. The molecule has 0 aromatic carbocycles. The van der Waals surface area contributed by atoms with E-state index in [1.165, 1.54) is 29.7 Å². The maximum Gasteiger partial charge on any atom is 0.116 e. The molecule has 16 heavy (non-hydrogen) atoms. The van der Waals surface area contributed by atoms with E-state index >= 15 is 0 Å². The molecule has 0 saturated heterocycles. The molecule has 1 fully saturated rings. The summed E-state index contributed by atoms with van der Waals surface area (Å²) in [5.41, 5.74) is 3.73. The molecule has 3 rings (SSSR count). The first-order valence-corrected chi connectivity index (χ1v) is 5.91. The van der Waals surface area contributed by atoms with Gasteiger partial charge in [-0.1, -0.05) is 0 Å². The van der Waals surface area contributed by atoms with Crippen molar-refractivity contribution in [2.45, 2.75) is 32.2 Å². The smallest absolute Gasteiger partial charge is 0.116 e. The average molecular weight is 215 g/mol. The van der Waals surface area contributed by atoms with Crippen LogP contribution in [0.3, 0.4) is 0 Å². The molecule has 3 heteroatoms. The first-order chi connectivity index (χ1) is 7.79. The minimum absolute atomic E-state index is 0.705. The summed E-state index contributed by atoms with van der Waals surface area (Å²) >= 11 is 0. The van der Waals surface area contributed by atoms with Crippen LogP contribution in [0.1, 0.15) is 35.8 Å². The van der Waals surface area contributed by atoms with Gasteiger partial charge in [0.2, 0.25) is 0 Å². The van der Waals surface area contributed by atoms with Gasteiger partial charge in [-0.2, -0.15) is 0 Å². The molecule has 1 aliphatic carbocycles. The summed E-state index contributed by atoms with van der Waals surface area (Å²) in [6.07, 6.45) is 4.77. The Kier molecular flexibility index (Phi) is 2.21. The highest BCUT2D eigenvalue weighted by Gasteiger charge is 2.28. The summed E-state index contributed by atoms with van der Waals surface area (Å²) in [5.74, 6) is 1.96. The Labute approximate surface area is 95.5 Å². The number of aromatic nitrogens is 2. The lowest BCUT2D eigenvalue weighted by Crippen LogP contribution is -2.05. The average Bonchev–Trinajstić information content (AvgIpc) is 3.06. The summed E-state index contributed by atoms with van der Waals surface area (Å²) in [7, 11) is 1.98. The second-order valence-electron chi connectivity index (χ2n) is 4.65. The van der Waals surface area contributed by atoms with Gasteiger partial charge in [-0.15, -0.1) is 0 Å². The van der Waals surface area contributed by atoms with Crippen molar-refractivity contribution < 1.29 is 0 Å². The van der Waals surface area contributed by atoms with Gasteiger partial charge < -0.3 is 9.72 Å². The third kappa shape index (κ3) is 1.52. The van der Waals surface area contributed by atoms with Crippen LogP contribution in [0.25, 0.3) is 5.52 Å². The highest BCUT2D eigenvalue weighted by molar-refractivity contribution is 5.55. The molecule has 0 aliphatic heterocycles. The Balaban J connectivity index is 2.12. The maximum absolute atomic E-state index is 4.70. The highest BCUT2D eigenvalue weighted by atomic mass is 15.0. The van der Waals surface area contributed by atoms with Crippen molar-refractivity contribution in [3.8, 4) is 0 Å². The fourth-order valence-electron chi connectivity index (χ4n) is 2.25. The van der Waals surface area contributed by atoms with Crippen LogP contribution in [0.4, 0.5) is 0 Å². The molecule has 1 aliphatic rings. The van der Waals surface area contributed by atoms with E-state index in [9.17, 15) is 0 Å². The molecular weight excluding hydrogens is 198 g/mol. The molecule has 0 unspecified atom stereocenters. The Morgan fingerprint density at radius 2 is 2.31 bits per heavy atom. The maximum atomic E-state index is 4.70. The predicted molar refractivity (Wildman–Crippen MR) is 64.7 cm³/mol. The number of rotatable bonds is 3. The molecule has 3 nitrogen and oxygen atoms in total. The van der Waals surface area contributed by atoms with Gasteiger partial charge in [0.05, 0.1) is 11.2 Å². The van der Waals surface area contributed by atoms with Crippen LogP contribution >= 0.6 is 0 Å². The Morgan fingerprint density at radius 3 is 3.00 bits per heavy atom. The van der Waals surface area contributed by atoms with Gasteiger partial charge in [0.15, 0.2) is 0 Å². The van der Waals surface area contributed by atoms with Crippen LogP contribution in [0, 0.1) is 6.92 Å². The molecule has 2 aromatic rings. The van der Waals surface area contributed by atoms with E-state index in [0.717, 1.165) is 12.2 Å². The number of aryl methyl sites for hydroxylation is 1. The third-order valence-corrected chi connectivity index (χ3v) is 3.24. The molecule has 1 N–H and O–H groups in total. The van der Waals surface area contributed by atoms with Crippen LogP contribution in [-0.4, -0.2) is 16.4 Å². The zero-order valence-corrected chi connectivity index (χ0v) is 9.83. The van der Waals surface area contributed by atoms with E-state index in [-0.39, 0.29) is 0 Å². The summed E-state index contributed by atoms with van der Waals surface area (Å²) < 4.78 is 2.26. The van der Waals surface area contributed by atoms with E-state index in [1.54, 1.807) is 0 Å². The Hall–Kier alpha value is -1.35. The van der Waals surface area contributed by atoms with Crippen molar-refractivity contribution in [1.29, 1.82) is 0 Å². The summed E-state index contributed by atoms with van der Waals surface area (Å²) in [5, 5.41) is 3.18. The van der Waals surface area contributed by atoms with Gasteiger partial charge >= 0.3 is 0 Å². The molecule has 2 aromatic heterocycles. The number of pyridine rings is 1. The zero-order valence-electron chi connectivity index (χ0n) is 9.83. The van der Waals surface area contributed by atoms with Gasteiger partial charge in [-0.05, 0) is 44.5 Å². The second kappa shape index (κ2) is 3.59. The molecule has 0 amide bonds. The summed E-state index contributed by atoms with van der Waals surface area (Å²) in [6.45, 7) is 3.02. The molecule has 0 bridgehead atoms. The highest BCUT2D eigenvalue weighted by Crippen LogP contribution is 2.39. The molecular formula is C13H17N3. The fraction of sp³-hybridized carbons (Fsp3) is 0.462. The van der Waals surface area contributed by atoms with Crippen molar-refractivity contribution in [3.05, 3.63) is 35.4 Å². The molecule has 84 valence electrons. The lowest BCUT2D eigenvalue weighted by atomic mass is 10.2. The first-order valence-electron chi connectivity index (χ1n) is 5.91. The second-order valence-corrected chi connectivity index (χ2v) is 4.65. The van der Waals surface area contributed by atoms with Crippen LogP contribution < -0.4 is 5.32 Å². The van der Waals surface area contributed by atoms with Gasteiger partial charge in [-0.3, -0.25) is 0 Å². The minimum Gasteiger partial charge on any atom is -0.316 e. The standard InChI is InChI=1S/C13H17N3/c1-9-12-7-10(8-14-2)5-6-16(12)13(15-9)11-3-4-11/h5-7,11,14H,3-4,8H2,1-2H3. The van der Waals surface area contributed by atoms with Gasteiger partial charge in [-0.25, -0.2) is 4.98 Å². The fourth-order valence-corrected chi connectivity index (χ4v) is 2.25. The molecule has 0 atom stereocenters. The van der Waals surface area contributed by atoms with Crippen molar-refractivity contribution in [3.63, 3.8) is 0 Å². The van der Waals surface area contributed by atoms with Crippen LogP contribution in [0.15, 0.2) is 18.3 Å². The van der Waals surface area contributed by atoms with Gasteiger partial charge in [0.1, 0.15) is 5.82 Å². The van der Waals surface area contributed by atoms with E-state index in [0.29, 0.717) is 5.92 Å². The van der Waals surface area contributed by atoms with Crippen molar-refractivity contribution in [2.75, 3.05) is 7.05 Å². The number of fused-ring (bicyclic) bond motifs is 1. The lowest BCUT2D eigenvalue weighted by molar-refractivity contribution is 0.814. The van der Waals surface area contributed by atoms with Crippen molar-refractivity contribution in [1.82, 2.24) is 14.7 Å². The third-order valence-electron chi connectivity index (χ3n) is 3.24. The topological polar surface area (TPSA) is 29.3 Å². The zero-order chi connectivity index (χ0) is 11.1. The van der Waals surface area contributed by atoms with E-state index in [1.807, 2.05) is 7.05 Å². The van der Waals surface area contributed by atoms with Crippen molar-refractivity contribution >= 4 is 5.52 Å². The predicted octanol–water partition coefficient (Wildman–Crippen LogP) is 2.24. The first kappa shape index (κ1) is 9.85. The van der Waals surface area contributed by atoms with Crippen LogP contribution in [-0.2, 0) is 6.54 Å². The number of nitrogens with zero attached hydrogens (tertiary/aromatic N) is 2. The minimum atomic E-state index is 0.705. The van der Waals surface area contributed by atoms with Gasteiger partial charge in [0, 0.05) is 18.7 Å². The summed E-state index contributed by atoms with van der Waals surface area (Å²) in [6, 6.07) is 4.42. The quantitative estimate of drug-likeness (QED) is 0.850. The Morgan fingerprint density at radius 1 is 1.50 bits per heavy atom. The largest absolute Gasteiger partial charge is 0.316 e. The monoisotopic (exact) mass is 215 g/mol. The van der Waals surface area contributed by atoms with E-state index < -0.39 is 0 Å². The Bertz CT molecular complexity index is 523. The van der Waals surface area contributed by atoms with E-state index in [2.05, 4.69) is 35.0 Å². The number of imidazole rings is 1. The van der Waals surface area contributed by atoms with Crippen LogP contribution in [0.5, 0.6) is 0 Å². The van der Waals surface area contributed by atoms with Gasteiger partial charge in [0.25, 0.3) is 0 Å². The molecule has 2 heterocycles.